The van der Waals surface area contributed by atoms with Crippen LogP contribution in [0, 0.1) is 0 Å². The Morgan fingerprint density at radius 3 is 1.86 bits per heavy atom. The maximum atomic E-state index is 10.9. The third kappa shape index (κ3) is 4.95. The lowest BCUT2D eigenvalue weighted by Crippen LogP contribution is -1.97. The smallest absolute Gasteiger partial charge is 0.282 e. The molecule has 0 aromatic heterocycles. The molecule has 0 saturated carbocycles. The molecule has 0 saturated heterocycles. The summed E-state index contributed by atoms with van der Waals surface area (Å²) in [5.41, 5.74) is 1.72. The zero-order valence-electron chi connectivity index (χ0n) is 11.1. The highest BCUT2D eigenvalue weighted by molar-refractivity contribution is 7.94. The largest absolute Gasteiger partial charge is 0.294 e. The fourth-order valence-corrected chi connectivity index (χ4v) is 2.47. The molecule has 0 radical (unpaired) electrons. The van der Waals surface area contributed by atoms with Crippen LogP contribution in [0.3, 0.4) is 0 Å². The maximum Gasteiger partial charge on any atom is 0.294 e. The van der Waals surface area contributed by atoms with Gasteiger partial charge < -0.3 is 0 Å². The first-order chi connectivity index (χ1) is 10.5. The van der Waals surface area contributed by atoms with E-state index in [1.807, 2.05) is 24.3 Å². The van der Waals surface area contributed by atoms with Crippen LogP contribution < -0.4 is 0 Å². The molecule has 6 nitrogen and oxygen atoms in total. The summed E-state index contributed by atoms with van der Waals surface area (Å²) in [5, 5.41) is 11.6. The first-order valence-corrected chi connectivity index (χ1v) is 8.18. The van der Waals surface area contributed by atoms with Crippen LogP contribution in [0.2, 0.25) is 0 Å². The molecule has 8 heteroatoms. The standard InChI is InChI=1S/C14H12O6S2/c15-19-20-21-13-7-3-11(4-8-13)1-2-12-5-9-14(10-6-12)22(16,17)18/h1-10,15H,(H,16,17,18)/b2-1+. The quantitative estimate of drug-likeness (QED) is 0.273. The van der Waals surface area contributed by atoms with Crippen molar-refractivity contribution in [3.63, 3.8) is 0 Å². The Morgan fingerprint density at radius 2 is 1.41 bits per heavy atom. The highest BCUT2D eigenvalue weighted by Gasteiger charge is 2.07. The second-order valence-corrected chi connectivity index (χ2v) is 6.37. The number of hydrogen-bond acceptors (Lipinski definition) is 6. The molecule has 0 fully saturated rings. The Hall–Kier alpha value is -1.68. The van der Waals surface area contributed by atoms with E-state index >= 15 is 0 Å². The van der Waals surface area contributed by atoms with E-state index in [0.717, 1.165) is 28.1 Å². The molecule has 116 valence electrons. The van der Waals surface area contributed by atoms with E-state index in [9.17, 15) is 8.42 Å². The van der Waals surface area contributed by atoms with Gasteiger partial charge in [-0.15, -0.1) is 4.33 Å². The molecular formula is C14H12O6S2. The van der Waals surface area contributed by atoms with Crippen LogP contribution in [-0.4, -0.2) is 18.2 Å². The van der Waals surface area contributed by atoms with Gasteiger partial charge in [-0.2, -0.15) is 8.42 Å². The van der Waals surface area contributed by atoms with Gasteiger partial charge in [-0.1, -0.05) is 41.5 Å². The van der Waals surface area contributed by atoms with Gasteiger partial charge in [-0.25, -0.2) is 5.26 Å². The monoisotopic (exact) mass is 340 g/mol. The molecule has 22 heavy (non-hydrogen) atoms. The second kappa shape index (κ2) is 7.54. The Balaban J connectivity index is 2.05. The average Bonchev–Trinajstić information content (AvgIpc) is 2.51. The molecule has 0 bridgehead atoms. The van der Waals surface area contributed by atoms with E-state index in [2.05, 4.69) is 9.37 Å². The number of hydrogen-bond donors (Lipinski definition) is 2. The number of rotatable bonds is 6. The second-order valence-electron chi connectivity index (χ2n) is 4.17. The summed E-state index contributed by atoms with van der Waals surface area (Å²) in [6.07, 6.45) is 3.66. The van der Waals surface area contributed by atoms with E-state index in [1.54, 1.807) is 24.3 Å². The topological polar surface area (TPSA) is 93.1 Å². The molecule has 0 atom stereocenters. The molecule has 0 aliphatic carbocycles. The lowest BCUT2D eigenvalue weighted by atomic mass is 10.1. The summed E-state index contributed by atoms with van der Waals surface area (Å²) in [5.74, 6) is 0. The lowest BCUT2D eigenvalue weighted by molar-refractivity contribution is -0.432. The van der Waals surface area contributed by atoms with Crippen molar-refractivity contribution in [1.82, 2.24) is 0 Å². The molecule has 2 rings (SSSR count). The predicted octanol–water partition coefficient (Wildman–Crippen LogP) is 3.53. The highest BCUT2D eigenvalue weighted by Crippen LogP contribution is 2.20. The first kappa shape index (κ1) is 16.7. The van der Waals surface area contributed by atoms with E-state index in [4.69, 9.17) is 9.81 Å². The van der Waals surface area contributed by atoms with E-state index in [0.29, 0.717) is 0 Å². The molecule has 2 aromatic carbocycles. The third-order valence-corrected chi connectivity index (χ3v) is 4.15. The van der Waals surface area contributed by atoms with E-state index in [1.165, 1.54) is 12.1 Å². The molecule has 2 N–H and O–H groups in total. The molecule has 0 heterocycles. The Kier molecular flexibility index (Phi) is 5.72. The van der Waals surface area contributed by atoms with Crippen LogP contribution >= 0.6 is 12.0 Å². The zero-order chi connectivity index (χ0) is 16.0. The van der Waals surface area contributed by atoms with E-state index < -0.39 is 10.1 Å². The molecule has 0 aliphatic rings. The summed E-state index contributed by atoms with van der Waals surface area (Å²) in [6.45, 7) is 0. The molecule has 0 amide bonds. The lowest BCUT2D eigenvalue weighted by Gasteiger charge is -1.99. The zero-order valence-corrected chi connectivity index (χ0v) is 12.8. The van der Waals surface area contributed by atoms with Crippen LogP contribution in [0.15, 0.2) is 58.3 Å². The first-order valence-electron chi connectivity index (χ1n) is 5.99. The maximum absolute atomic E-state index is 10.9. The fourth-order valence-electron chi connectivity index (χ4n) is 1.63. The molecular weight excluding hydrogens is 328 g/mol. The van der Waals surface area contributed by atoms with Crippen LogP contribution in [0.5, 0.6) is 0 Å². The van der Waals surface area contributed by atoms with Crippen molar-refractivity contribution >= 4 is 34.3 Å². The van der Waals surface area contributed by atoms with Crippen molar-refractivity contribution in [2.24, 2.45) is 0 Å². The van der Waals surface area contributed by atoms with Gasteiger partial charge in [-0.05, 0) is 35.4 Å². The van der Waals surface area contributed by atoms with Gasteiger partial charge in [0, 0.05) is 4.90 Å². The Bertz CT molecular complexity index is 736. The minimum Gasteiger partial charge on any atom is -0.282 e. The summed E-state index contributed by atoms with van der Waals surface area (Å²) in [4.78, 5) is 0.612. The molecule has 0 spiro atoms. The Labute approximate surface area is 131 Å². The number of benzene rings is 2. The van der Waals surface area contributed by atoms with E-state index in [-0.39, 0.29) is 4.90 Å². The van der Waals surface area contributed by atoms with Gasteiger partial charge in [0.2, 0.25) is 0 Å². The van der Waals surface area contributed by atoms with Gasteiger partial charge in [0.25, 0.3) is 10.1 Å². The van der Waals surface area contributed by atoms with Crippen LogP contribution in [0.4, 0.5) is 0 Å². The summed E-state index contributed by atoms with van der Waals surface area (Å²) >= 11 is 0.871. The summed E-state index contributed by atoms with van der Waals surface area (Å²) in [6, 6.07) is 13.1. The normalized spacial score (nSPS) is 11.9. The highest BCUT2D eigenvalue weighted by atomic mass is 32.2. The minimum absolute atomic E-state index is 0.142. The fraction of sp³-hybridized carbons (Fsp3) is 0. The Morgan fingerprint density at radius 1 is 0.909 bits per heavy atom. The molecule has 2 aromatic rings. The van der Waals surface area contributed by atoms with Gasteiger partial charge in [0.1, 0.15) is 0 Å². The van der Waals surface area contributed by atoms with Gasteiger partial charge in [-0.3, -0.25) is 4.55 Å². The molecule has 0 aliphatic heterocycles. The van der Waals surface area contributed by atoms with Crippen molar-refractivity contribution in [2.45, 2.75) is 9.79 Å². The van der Waals surface area contributed by atoms with Crippen molar-refractivity contribution in [3.05, 3.63) is 59.7 Å². The predicted molar refractivity (Wildman–Crippen MR) is 82.3 cm³/mol. The van der Waals surface area contributed by atoms with Crippen molar-refractivity contribution in [3.8, 4) is 0 Å². The van der Waals surface area contributed by atoms with Crippen LogP contribution in [0.1, 0.15) is 11.1 Å². The van der Waals surface area contributed by atoms with Gasteiger partial charge >= 0.3 is 0 Å². The summed E-state index contributed by atoms with van der Waals surface area (Å²) < 4.78 is 35.1. The van der Waals surface area contributed by atoms with Gasteiger partial charge in [0.05, 0.1) is 16.9 Å². The van der Waals surface area contributed by atoms with Crippen molar-refractivity contribution in [2.75, 3.05) is 0 Å². The summed E-state index contributed by atoms with van der Waals surface area (Å²) in [7, 11) is -4.17. The van der Waals surface area contributed by atoms with Crippen molar-refractivity contribution < 1.29 is 27.6 Å². The van der Waals surface area contributed by atoms with Crippen LogP contribution in [0.25, 0.3) is 12.2 Å². The SMILES string of the molecule is O=S(=O)(O)c1ccc(/C=C/c2ccc(SOOO)cc2)cc1. The van der Waals surface area contributed by atoms with Crippen LogP contribution in [-0.2, 0) is 19.5 Å². The third-order valence-electron chi connectivity index (χ3n) is 2.69. The van der Waals surface area contributed by atoms with Crippen molar-refractivity contribution in [1.29, 1.82) is 0 Å². The van der Waals surface area contributed by atoms with Gasteiger partial charge in [0.15, 0.2) is 0 Å². The molecule has 0 unspecified atom stereocenters. The minimum atomic E-state index is -4.17. The average molecular weight is 340 g/mol.